The summed E-state index contributed by atoms with van der Waals surface area (Å²) in [5, 5.41) is 0.842. The Labute approximate surface area is 179 Å². The van der Waals surface area contributed by atoms with E-state index in [0.717, 1.165) is 5.52 Å². The third-order valence-corrected chi connectivity index (χ3v) is 5.29. The third kappa shape index (κ3) is 3.10. The van der Waals surface area contributed by atoms with Crippen molar-refractivity contribution in [2.75, 3.05) is 7.11 Å². The topological polar surface area (TPSA) is 90.1 Å². The summed E-state index contributed by atoms with van der Waals surface area (Å²) < 4.78 is 8.29. The largest absolute Gasteiger partial charge is 0.497 e. The van der Waals surface area contributed by atoms with Crippen molar-refractivity contribution in [1.82, 2.24) is 28.9 Å². The zero-order chi connectivity index (χ0) is 20.8. The van der Waals surface area contributed by atoms with Crippen LogP contribution in [0.25, 0.3) is 27.9 Å². The van der Waals surface area contributed by atoms with Gasteiger partial charge in [0.25, 0.3) is 0 Å². The van der Waals surface area contributed by atoms with Gasteiger partial charge in [0.15, 0.2) is 5.65 Å². The second-order valence-corrected chi connectivity index (χ2v) is 7.40. The molecule has 0 unspecified atom stereocenters. The molecule has 0 atom stereocenters. The number of halogens is 2. The molecule has 0 bridgehead atoms. The van der Waals surface area contributed by atoms with Gasteiger partial charge in [-0.3, -0.25) is 14.0 Å². The predicted molar refractivity (Wildman–Crippen MR) is 114 cm³/mol. The van der Waals surface area contributed by atoms with Crippen LogP contribution in [0.2, 0.25) is 10.2 Å². The fraction of sp³-hybridized carbons (Fsp3) is 0.100. The fourth-order valence-electron chi connectivity index (χ4n) is 3.36. The number of rotatable bonds is 4. The predicted octanol–water partition coefficient (Wildman–Crippen LogP) is 3.80. The van der Waals surface area contributed by atoms with E-state index in [0.29, 0.717) is 44.2 Å². The van der Waals surface area contributed by atoms with E-state index in [4.69, 9.17) is 27.9 Å². The van der Waals surface area contributed by atoms with Crippen molar-refractivity contribution in [3.8, 4) is 17.0 Å². The minimum atomic E-state index is -0.218. The molecule has 0 saturated heterocycles. The zero-order valence-electron chi connectivity index (χ0n) is 15.6. The molecule has 5 aromatic rings. The Balaban J connectivity index is 1.60. The van der Waals surface area contributed by atoms with E-state index >= 15 is 0 Å². The highest BCUT2D eigenvalue weighted by Crippen LogP contribution is 2.32. The maximum absolute atomic E-state index is 12.9. The standard InChI is InChI=1S/C20H14Cl2N6O2/c1-30-11-2-3-12(13(21)8-11)18-15-9-27(20(29)28(15)7-6-23-18)10-17-24-14-4-5-16(22)25-19(14)26-17/h2-9H,10H2,1H3,(H,24,25,26). The van der Waals surface area contributed by atoms with Gasteiger partial charge < -0.3 is 9.72 Å². The van der Waals surface area contributed by atoms with Crippen molar-refractivity contribution in [3.05, 3.63) is 75.4 Å². The summed E-state index contributed by atoms with van der Waals surface area (Å²) >= 11 is 12.4. The number of aromatic amines is 1. The summed E-state index contributed by atoms with van der Waals surface area (Å²) in [4.78, 5) is 29.1. The van der Waals surface area contributed by atoms with Gasteiger partial charge in [-0.2, -0.15) is 0 Å². The van der Waals surface area contributed by atoms with Gasteiger partial charge in [-0.15, -0.1) is 0 Å². The van der Waals surface area contributed by atoms with Gasteiger partial charge in [0.1, 0.15) is 16.7 Å². The molecule has 0 amide bonds. The molecule has 1 N–H and O–H groups in total. The summed E-state index contributed by atoms with van der Waals surface area (Å²) in [6.45, 7) is 0.240. The van der Waals surface area contributed by atoms with E-state index in [1.165, 1.54) is 4.40 Å². The summed E-state index contributed by atoms with van der Waals surface area (Å²) in [5.74, 6) is 1.24. The molecule has 0 spiro atoms. The number of aromatic nitrogens is 6. The van der Waals surface area contributed by atoms with Crippen molar-refractivity contribution in [2.24, 2.45) is 0 Å². The first-order chi connectivity index (χ1) is 14.5. The van der Waals surface area contributed by atoms with Gasteiger partial charge in [0.2, 0.25) is 0 Å². The lowest BCUT2D eigenvalue weighted by molar-refractivity contribution is 0.415. The van der Waals surface area contributed by atoms with Gasteiger partial charge in [-0.05, 0) is 30.3 Å². The molecule has 0 radical (unpaired) electrons. The van der Waals surface area contributed by atoms with Crippen molar-refractivity contribution < 1.29 is 4.74 Å². The third-order valence-electron chi connectivity index (χ3n) is 4.76. The van der Waals surface area contributed by atoms with Crippen molar-refractivity contribution in [1.29, 1.82) is 0 Å². The summed E-state index contributed by atoms with van der Waals surface area (Å²) in [5.41, 5.74) is 2.96. The highest BCUT2D eigenvalue weighted by molar-refractivity contribution is 6.33. The average molecular weight is 441 g/mol. The van der Waals surface area contributed by atoms with Crippen LogP contribution < -0.4 is 10.4 Å². The first-order valence-corrected chi connectivity index (χ1v) is 9.70. The van der Waals surface area contributed by atoms with Crippen LogP contribution >= 0.6 is 23.2 Å². The Morgan fingerprint density at radius 1 is 1.17 bits per heavy atom. The monoisotopic (exact) mass is 440 g/mol. The molecule has 1 aromatic carbocycles. The summed E-state index contributed by atoms with van der Waals surface area (Å²) in [6, 6.07) is 8.81. The van der Waals surface area contributed by atoms with E-state index in [-0.39, 0.29) is 12.2 Å². The number of fused-ring (bicyclic) bond motifs is 2. The molecule has 0 aliphatic heterocycles. The molecule has 30 heavy (non-hydrogen) atoms. The smallest absolute Gasteiger partial charge is 0.333 e. The van der Waals surface area contributed by atoms with Gasteiger partial charge in [0, 0.05) is 24.2 Å². The Morgan fingerprint density at radius 3 is 2.83 bits per heavy atom. The van der Waals surface area contributed by atoms with E-state index in [2.05, 4.69) is 19.9 Å². The number of hydrogen-bond acceptors (Lipinski definition) is 5. The highest BCUT2D eigenvalue weighted by atomic mass is 35.5. The Kier molecular flexibility index (Phi) is 4.45. The van der Waals surface area contributed by atoms with Gasteiger partial charge in [0.05, 0.1) is 35.4 Å². The lowest BCUT2D eigenvalue weighted by Crippen LogP contribution is -2.20. The van der Waals surface area contributed by atoms with Crippen molar-refractivity contribution in [2.45, 2.75) is 6.54 Å². The number of nitrogens with one attached hydrogen (secondary N) is 1. The van der Waals surface area contributed by atoms with E-state index in [1.54, 1.807) is 54.5 Å². The van der Waals surface area contributed by atoms with E-state index < -0.39 is 0 Å². The number of benzene rings is 1. The number of H-pyrrole nitrogens is 1. The SMILES string of the molecule is COc1ccc(-c2nccn3c(=O)n(Cc4nc5nc(Cl)ccc5[nH]4)cc23)c(Cl)c1. The minimum absolute atomic E-state index is 0.218. The number of ether oxygens (including phenoxy) is 1. The van der Waals surface area contributed by atoms with Crippen molar-refractivity contribution >= 4 is 39.9 Å². The first kappa shape index (κ1) is 18.7. The number of nitrogens with zero attached hydrogens (tertiary/aromatic N) is 5. The second-order valence-electron chi connectivity index (χ2n) is 6.61. The molecule has 0 aliphatic carbocycles. The number of hydrogen-bond donors (Lipinski definition) is 1. The molecule has 0 saturated carbocycles. The quantitative estimate of drug-likeness (QED) is 0.429. The minimum Gasteiger partial charge on any atom is -0.497 e. The Hall–Kier alpha value is -3.36. The van der Waals surface area contributed by atoms with Crippen LogP contribution in [0.3, 0.4) is 0 Å². The van der Waals surface area contributed by atoms with Gasteiger partial charge in [-0.25, -0.2) is 14.8 Å². The Morgan fingerprint density at radius 2 is 2.03 bits per heavy atom. The summed E-state index contributed by atoms with van der Waals surface area (Å²) in [6.07, 6.45) is 4.93. The Bertz CT molecular complexity index is 1470. The molecule has 8 nitrogen and oxygen atoms in total. The molecule has 10 heteroatoms. The number of methoxy groups -OCH3 is 1. The molecule has 0 aliphatic rings. The number of imidazole rings is 2. The van der Waals surface area contributed by atoms with E-state index in [1.807, 2.05) is 6.07 Å². The van der Waals surface area contributed by atoms with Crippen LogP contribution in [-0.2, 0) is 6.54 Å². The van der Waals surface area contributed by atoms with E-state index in [9.17, 15) is 4.79 Å². The lowest BCUT2D eigenvalue weighted by atomic mass is 10.1. The fourth-order valence-corrected chi connectivity index (χ4v) is 3.76. The normalized spacial score (nSPS) is 11.4. The van der Waals surface area contributed by atoms with Gasteiger partial charge in [-0.1, -0.05) is 23.2 Å². The van der Waals surface area contributed by atoms with Crippen LogP contribution in [0.15, 0.2) is 53.7 Å². The second kappa shape index (κ2) is 7.16. The molecule has 0 fully saturated rings. The average Bonchev–Trinajstić information content (AvgIpc) is 3.28. The summed E-state index contributed by atoms with van der Waals surface area (Å²) in [7, 11) is 1.57. The molecular formula is C20H14Cl2N6O2. The van der Waals surface area contributed by atoms with Crippen LogP contribution in [0.5, 0.6) is 5.75 Å². The van der Waals surface area contributed by atoms with Crippen LogP contribution in [-0.4, -0.2) is 36.0 Å². The van der Waals surface area contributed by atoms with Crippen molar-refractivity contribution in [3.63, 3.8) is 0 Å². The van der Waals surface area contributed by atoms with Crippen LogP contribution in [0.1, 0.15) is 5.82 Å². The van der Waals surface area contributed by atoms with Gasteiger partial charge >= 0.3 is 5.69 Å². The zero-order valence-corrected chi connectivity index (χ0v) is 17.1. The van der Waals surface area contributed by atoms with Crippen LogP contribution in [0, 0.1) is 0 Å². The molecule has 150 valence electrons. The molecule has 4 heterocycles. The lowest BCUT2D eigenvalue weighted by Gasteiger charge is -2.07. The number of pyridine rings is 1. The van der Waals surface area contributed by atoms with Crippen LogP contribution in [0.4, 0.5) is 0 Å². The highest BCUT2D eigenvalue weighted by Gasteiger charge is 2.15. The first-order valence-electron chi connectivity index (χ1n) is 8.95. The maximum Gasteiger partial charge on any atom is 0.333 e. The molecule has 5 rings (SSSR count). The maximum atomic E-state index is 12.9. The molecule has 4 aromatic heterocycles. The molecular weight excluding hydrogens is 427 g/mol.